The smallest absolute Gasteiger partial charge is 0.275 e. The number of aromatic nitrogens is 4. The quantitative estimate of drug-likeness (QED) is 0.799. The van der Waals surface area contributed by atoms with E-state index in [1.165, 1.54) is 6.20 Å². The monoisotopic (exact) mass is 281 g/mol. The van der Waals surface area contributed by atoms with Gasteiger partial charge in [0, 0.05) is 19.7 Å². The third kappa shape index (κ3) is 2.43. The Morgan fingerprint density at radius 1 is 1.14 bits per heavy atom. The fourth-order valence-electron chi connectivity index (χ4n) is 2.16. The molecule has 0 aliphatic heterocycles. The number of imidazole rings is 1. The second kappa shape index (κ2) is 5.24. The number of amides is 1. The molecule has 2 aromatic heterocycles. The molecule has 6 heteroatoms. The van der Waals surface area contributed by atoms with Gasteiger partial charge in [-0.05, 0) is 5.56 Å². The highest BCUT2D eigenvalue weighted by molar-refractivity contribution is 6.04. The summed E-state index contributed by atoms with van der Waals surface area (Å²) >= 11 is 0. The Bertz CT molecular complexity index is 772. The Labute approximate surface area is 122 Å². The van der Waals surface area contributed by atoms with Crippen molar-refractivity contribution in [2.45, 2.75) is 0 Å². The number of hydrogen-bond donors (Lipinski definition) is 1. The summed E-state index contributed by atoms with van der Waals surface area (Å²) in [6, 6.07) is 9.82. The Morgan fingerprint density at radius 3 is 2.57 bits per heavy atom. The standard InChI is InChI=1S/C15H15N5O/c1-19-10-16-9-13(19)15(21)18-14-12(8-17-20(14)2)11-6-4-3-5-7-11/h3-10H,1-2H3,(H,18,21). The second-order valence-corrected chi connectivity index (χ2v) is 4.74. The zero-order chi connectivity index (χ0) is 14.8. The summed E-state index contributed by atoms with van der Waals surface area (Å²) < 4.78 is 3.32. The zero-order valence-electron chi connectivity index (χ0n) is 11.8. The summed E-state index contributed by atoms with van der Waals surface area (Å²) in [5, 5.41) is 7.13. The molecule has 106 valence electrons. The van der Waals surface area contributed by atoms with Crippen molar-refractivity contribution in [3.8, 4) is 11.1 Å². The van der Waals surface area contributed by atoms with E-state index in [0.29, 0.717) is 11.5 Å². The van der Waals surface area contributed by atoms with Crippen LogP contribution < -0.4 is 5.32 Å². The van der Waals surface area contributed by atoms with E-state index in [4.69, 9.17) is 0 Å². The average Bonchev–Trinajstić information content (AvgIpc) is 3.07. The number of carbonyl (C=O) groups excluding carboxylic acids is 1. The van der Waals surface area contributed by atoms with E-state index in [1.54, 1.807) is 35.9 Å². The molecular weight excluding hydrogens is 266 g/mol. The summed E-state index contributed by atoms with van der Waals surface area (Å²) in [4.78, 5) is 16.3. The first-order valence-corrected chi connectivity index (χ1v) is 6.52. The van der Waals surface area contributed by atoms with Crippen LogP contribution in [0.1, 0.15) is 10.5 Å². The van der Waals surface area contributed by atoms with Crippen LogP contribution >= 0.6 is 0 Å². The Kier molecular flexibility index (Phi) is 3.27. The molecule has 2 heterocycles. The van der Waals surface area contributed by atoms with Gasteiger partial charge in [0.1, 0.15) is 11.5 Å². The lowest BCUT2D eigenvalue weighted by atomic mass is 10.1. The molecule has 3 rings (SSSR count). The van der Waals surface area contributed by atoms with Gasteiger partial charge in [-0.3, -0.25) is 9.48 Å². The molecule has 21 heavy (non-hydrogen) atoms. The van der Waals surface area contributed by atoms with Gasteiger partial charge in [0.15, 0.2) is 0 Å². The van der Waals surface area contributed by atoms with Crippen molar-refractivity contribution >= 4 is 11.7 Å². The number of nitrogens with zero attached hydrogens (tertiary/aromatic N) is 4. The maximum absolute atomic E-state index is 12.3. The molecule has 0 unspecified atom stereocenters. The first kappa shape index (κ1) is 13.1. The lowest BCUT2D eigenvalue weighted by molar-refractivity contribution is 0.101. The normalized spacial score (nSPS) is 10.6. The number of aryl methyl sites for hydroxylation is 2. The molecule has 1 amide bonds. The van der Waals surface area contributed by atoms with Crippen LogP contribution in [0, 0.1) is 0 Å². The van der Waals surface area contributed by atoms with Crippen molar-refractivity contribution in [3.05, 3.63) is 54.7 Å². The van der Waals surface area contributed by atoms with Gasteiger partial charge in [0.2, 0.25) is 0 Å². The summed E-state index contributed by atoms with van der Waals surface area (Å²) in [5.41, 5.74) is 2.38. The average molecular weight is 281 g/mol. The predicted molar refractivity (Wildman–Crippen MR) is 79.8 cm³/mol. The number of carbonyl (C=O) groups is 1. The van der Waals surface area contributed by atoms with Crippen LogP contribution in [0.3, 0.4) is 0 Å². The van der Waals surface area contributed by atoms with Crippen molar-refractivity contribution in [3.63, 3.8) is 0 Å². The third-order valence-corrected chi connectivity index (χ3v) is 3.30. The van der Waals surface area contributed by atoms with Crippen molar-refractivity contribution in [2.75, 3.05) is 5.32 Å². The molecule has 0 saturated carbocycles. The van der Waals surface area contributed by atoms with Crippen molar-refractivity contribution in [1.82, 2.24) is 19.3 Å². The largest absolute Gasteiger partial charge is 0.330 e. The molecule has 0 aliphatic carbocycles. The molecule has 3 aromatic rings. The summed E-state index contributed by atoms with van der Waals surface area (Å²) in [7, 11) is 3.58. The Morgan fingerprint density at radius 2 is 1.90 bits per heavy atom. The molecule has 0 aliphatic rings. The van der Waals surface area contributed by atoms with Gasteiger partial charge in [-0.15, -0.1) is 0 Å². The van der Waals surface area contributed by atoms with Crippen LogP contribution in [-0.4, -0.2) is 25.2 Å². The fraction of sp³-hybridized carbons (Fsp3) is 0.133. The van der Waals surface area contributed by atoms with Crippen molar-refractivity contribution in [1.29, 1.82) is 0 Å². The van der Waals surface area contributed by atoms with Gasteiger partial charge < -0.3 is 9.88 Å². The maximum Gasteiger partial charge on any atom is 0.275 e. The first-order valence-electron chi connectivity index (χ1n) is 6.52. The third-order valence-electron chi connectivity index (χ3n) is 3.30. The molecule has 0 atom stereocenters. The molecule has 0 radical (unpaired) electrons. The van der Waals surface area contributed by atoms with E-state index >= 15 is 0 Å². The number of rotatable bonds is 3. The van der Waals surface area contributed by atoms with Gasteiger partial charge >= 0.3 is 0 Å². The van der Waals surface area contributed by atoms with Gasteiger partial charge in [0.25, 0.3) is 5.91 Å². The van der Waals surface area contributed by atoms with Gasteiger partial charge in [-0.1, -0.05) is 30.3 Å². The first-order chi connectivity index (χ1) is 10.2. The predicted octanol–water partition coefficient (Wildman–Crippen LogP) is 2.07. The Balaban J connectivity index is 1.95. The van der Waals surface area contributed by atoms with Crippen LogP contribution in [0.4, 0.5) is 5.82 Å². The van der Waals surface area contributed by atoms with E-state index in [1.807, 2.05) is 30.3 Å². The number of anilines is 1. The van der Waals surface area contributed by atoms with Crippen LogP contribution in [0.15, 0.2) is 49.1 Å². The minimum Gasteiger partial charge on any atom is -0.330 e. The van der Waals surface area contributed by atoms with Gasteiger partial charge in [-0.2, -0.15) is 5.10 Å². The Hall–Kier alpha value is -2.89. The van der Waals surface area contributed by atoms with E-state index < -0.39 is 0 Å². The lowest BCUT2D eigenvalue weighted by Crippen LogP contribution is -2.17. The molecule has 6 nitrogen and oxygen atoms in total. The summed E-state index contributed by atoms with van der Waals surface area (Å²) in [6.07, 6.45) is 4.87. The number of nitrogens with one attached hydrogen (secondary N) is 1. The van der Waals surface area contributed by atoms with E-state index in [2.05, 4.69) is 15.4 Å². The number of benzene rings is 1. The van der Waals surface area contributed by atoms with Crippen molar-refractivity contribution in [2.24, 2.45) is 14.1 Å². The molecule has 0 bridgehead atoms. The lowest BCUT2D eigenvalue weighted by Gasteiger charge is -2.09. The highest BCUT2D eigenvalue weighted by atomic mass is 16.2. The summed E-state index contributed by atoms with van der Waals surface area (Å²) in [5.74, 6) is 0.447. The second-order valence-electron chi connectivity index (χ2n) is 4.74. The van der Waals surface area contributed by atoms with Gasteiger partial charge in [0.05, 0.1) is 18.7 Å². The van der Waals surface area contributed by atoms with Crippen LogP contribution in [0.25, 0.3) is 11.1 Å². The fourth-order valence-corrected chi connectivity index (χ4v) is 2.16. The SMILES string of the molecule is Cn1cncc1C(=O)Nc1c(-c2ccccc2)cnn1C. The van der Waals surface area contributed by atoms with Crippen LogP contribution in [0.2, 0.25) is 0 Å². The van der Waals surface area contributed by atoms with Crippen molar-refractivity contribution < 1.29 is 4.79 Å². The summed E-state index contributed by atoms with van der Waals surface area (Å²) in [6.45, 7) is 0. The molecule has 0 fully saturated rings. The van der Waals surface area contributed by atoms with Crippen LogP contribution in [0.5, 0.6) is 0 Å². The maximum atomic E-state index is 12.3. The topological polar surface area (TPSA) is 64.7 Å². The minimum atomic E-state index is -0.212. The molecule has 0 spiro atoms. The minimum absolute atomic E-state index is 0.212. The molecule has 0 saturated heterocycles. The molecule has 1 N–H and O–H groups in total. The highest BCUT2D eigenvalue weighted by Crippen LogP contribution is 2.27. The van der Waals surface area contributed by atoms with E-state index in [9.17, 15) is 4.79 Å². The van der Waals surface area contributed by atoms with E-state index in [-0.39, 0.29) is 5.91 Å². The molecular formula is C15H15N5O. The van der Waals surface area contributed by atoms with E-state index in [0.717, 1.165) is 11.1 Å². The number of hydrogen-bond acceptors (Lipinski definition) is 3. The highest BCUT2D eigenvalue weighted by Gasteiger charge is 2.16. The zero-order valence-corrected chi connectivity index (χ0v) is 11.8. The van der Waals surface area contributed by atoms with Gasteiger partial charge in [-0.25, -0.2) is 4.98 Å². The van der Waals surface area contributed by atoms with Crippen LogP contribution in [-0.2, 0) is 14.1 Å². The molecule has 1 aromatic carbocycles.